The number of nitrogens with zero attached hydrogens (tertiary/aromatic N) is 1. The number of aryl methyl sites for hydroxylation is 2. The summed E-state index contributed by atoms with van der Waals surface area (Å²) < 4.78 is 5.03. The summed E-state index contributed by atoms with van der Waals surface area (Å²) in [5, 5.41) is 6.63. The molecule has 0 radical (unpaired) electrons. The van der Waals surface area contributed by atoms with Crippen LogP contribution in [0.4, 0.5) is 5.69 Å². The maximum atomic E-state index is 12.0. The van der Waals surface area contributed by atoms with Gasteiger partial charge in [0.05, 0.1) is 12.1 Å². The van der Waals surface area contributed by atoms with Gasteiger partial charge in [-0.1, -0.05) is 17.1 Å². The van der Waals surface area contributed by atoms with Crippen LogP contribution >= 0.6 is 0 Å². The third kappa shape index (κ3) is 3.02. The molecule has 1 N–H and O–H groups in total. The molecular weight excluding hydrogens is 240 g/mol. The first kappa shape index (κ1) is 12.9. The number of hydrogen-bond donors (Lipinski definition) is 1. The number of anilines is 1. The molecule has 0 saturated heterocycles. The number of aromatic nitrogens is 1. The second-order valence-corrected chi connectivity index (χ2v) is 4.25. The van der Waals surface area contributed by atoms with Gasteiger partial charge in [-0.3, -0.25) is 4.79 Å². The minimum atomic E-state index is -0.122. The number of hydrogen-bond acceptors (Lipinski definition) is 3. The lowest BCUT2D eigenvalue weighted by Crippen LogP contribution is -2.15. The Kier molecular flexibility index (Phi) is 3.67. The normalized spacial score (nSPS) is 9.95. The highest BCUT2D eigenvalue weighted by Gasteiger charge is 2.13. The Bertz CT molecular complexity index is 631. The van der Waals surface area contributed by atoms with Crippen LogP contribution in [-0.4, -0.2) is 11.1 Å². The molecule has 0 aliphatic heterocycles. The molecule has 0 saturated carbocycles. The van der Waals surface area contributed by atoms with Gasteiger partial charge in [0, 0.05) is 16.8 Å². The van der Waals surface area contributed by atoms with E-state index < -0.39 is 0 Å². The fourth-order valence-corrected chi connectivity index (χ4v) is 1.81. The quantitative estimate of drug-likeness (QED) is 0.856. The summed E-state index contributed by atoms with van der Waals surface area (Å²) in [5.74, 6) is 3.08. The Labute approximate surface area is 111 Å². The lowest BCUT2D eigenvalue weighted by molar-refractivity contribution is -0.115. The van der Waals surface area contributed by atoms with Gasteiger partial charge in [0.15, 0.2) is 0 Å². The predicted octanol–water partition coefficient (Wildman–Crippen LogP) is 2.45. The van der Waals surface area contributed by atoms with Crippen LogP contribution in [0.2, 0.25) is 0 Å². The number of nitrogens with one attached hydrogen (secondary N) is 1. The third-order valence-corrected chi connectivity index (χ3v) is 2.83. The van der Waals surface area contributed by atoms with E-state index in [2.05, 4.69) is 16.4 Å². The third-order valence-electron chi connectivity index (χ3n) is 2.83. The Hall–Kier alpha value is -2.54. The monoisotopic (exact) mass is 254 g/mol. The van der Waals surface area contributed by atoms with Crippen molar-refractivity contribution in [3.05, 3.63) is 46.8 Å². The van der Waals surface area contributed by atoms with Crippen LogP contribution in [0.15, 0.2) is 28.8 Å². The van der Waals surface area contributed by atoms with Crippen LogP contribution in [0.25, 0.3) is 0 Å². The minimum Gasteiger partial charge on any atom is -0.361 e. The van der Waals surface area contributed by atoms with E-state index in [-0.39, 0.29) is 12.3 Å². The molecule has 0 spiro atoms. The van der Waals surface area contributed by atoms with Gasteiger partial charge < -0.3 is 9.84 Å². The molecule has 0 aliphatic rings. The molecule has 4 nitrogen and oxygen atoms in total. The van der Waals surface area contributed by atoms with Gasteiger partial charge in [-0.15, -0.1) is 6.42 Å². The van der Waals surface area contributed by atoms with E-state index in [1.165, 1.54) is 0 Å². The first-order valence-corrected chi connectivity index (χ1v) is 5.88. The van der Waals surface area contributed by atoms with Gasteiger partial charge >= 0.3 is 0 Å². The largest absolute Gasteiger partial charge is 0.361 e. The second-order valence-electron chi connectivity index (χ2n) is 4.25. The van der Waals surface area contributed by atoms with Crippen LogP contribution in [0, 0.1) is 26.2 Å². The summed E-state index contributed by atoms with van der Waals surface area (Å²) in [4.78, 5) is 12.0. The van der Waals surface area contributed by atoms with Gasteiger partial charge in [-0.25, -0.2) is 0 Å². The minimum absolute atomic E-state index is 0.122. The Morgan fingerprint density at radius 3 is 2.89 bits per heavy atom. The first-order chi connectivity index (χ1) is 9.10. The van der Waals surface area contributed by atoms with Gasteiger partial charge in [-0.2, -0.15) is 0 Å². The molecular formula is C15H14N2O2. The molecule has 4 heteroatoms. The number of carbonyl (C=O) groups is 1. The van der Waals surface area contributed by atoms with Gasteiger partial charge in [0.25, 0.3) is 0 Å². The highest BCUT2D eigenvalue weighted by molar-refractivity contribution is 5.92. The zero-order chi connectivity index (χ0) is 13.8. The van der Waals surface area contributed by atoms with E-state index in [4.69, 9.17) is 10.9 Å². The van der Waals surface area contributed by atoms with Crippen molar-refractivity contribution in [3.8, 4) is 12.3 Å². The van der Waals surface area contributed by atoms with E-state index in [0.29, 0.717) is 11.4 Å². The van der Waals surface area contributed by atoms with Crippen LogP contribution in [-0.2, 0) is 11.2 Å². The van der Waals surface area contributed by atoms with Gasteiger partial charge in [0.2, 0.25) is 5.91 Å². The number of rotatable bonds is 3. The molecule has 0 unspecified atom stereocenters. The average molecular weight is 254 g/mol. The SMILES string of the molecule is C#Cc1cccc(NC(=O)Cc2c(C)noc2C)c1. The van der Waals surface area contributed by atoms with Crippen molar-refractivity contribution in [2.45, 2.75) is 20.3 Å². The predicted molar refractivity (Wildman–Crippen MR) is 72.7 cm³/mol. The molecule has 0 atom stereocenters. The molecule has 19 heavy (non-hydrogen) atoms. The van der Waals surface area contributed by atoms with E-state index in [1.54, 1.807) is 25.1 Å². The van der Waals surface area contributed by atoms with Crippen molar-refractivity contribution < 1.29 is 9.32 Å². The zero-order valence-corrected chi connectivity index (χ0v) is 10.9. The van der Waals surface area contributed by atoms with Crippen LogP contribution in [0.3, 0.4) is 0 Å². The summed E-state index contributed by atoms with van der Waals surface area (Å²) in [7, 11) is 0. The molecule has 0 fully saturated rings. The molecule has 0 bridgehead atoms. The Balaban J connectivity index is 2.08. The van der Waals surface area contributed by atoms with E-state index >= 15 is 0 Å². The number of amides is 1. The van der Waals surface area contributed by atoms with Gasteiger partial charge in [0.1, 0.15) is 5.76 Å². The molecule has 96 valence electrons. The summed E-state index contributed by atoms with van der Waals surface area (Å²) in [5.41, 5.74) is 2.98. The molecule has 0 aliphatic carbocycles. The maximum Gasteiger partial charge on any atom is 0.228 e. The van der Waals surface area contributed by atoms with Crippen LogP contribution in [0.5, 0.6) is 0 Å². The Morgan fingerprint density at radius 2 is 2.26 bits per heavy atom. The highest BCUT2D eigenvalue weighted by atomic mass is 16.5. The molecule has 1 amide bonds. The summed E-state index contributed by atoms with van der Waals surface area (Å²) in [6, 6.07) is 7.17. The van der Waals surface area contributed by atoms with Crippen molar-refractivity contribution >= 4 is 11.6 Å². The fraction of sp³-hybridized carbons (Fsp3) is 0.200. The molecule has 1 heterocycles. The first-order valence-electron chi connectivity index (χ1n) is 5.88. The Morgan fingerprint density at radius 1 is 1.47 bits per heavy atom. The zero-order valence-electron chi connectivity index (χ0n) is 10.9. The number of terminal acetylenes is 1. The molecule has 1 aromatic carbocycles. The van der Waals surface area contributed by atoms with E-state index in [1.807, 2.05) is 13.0 Å². The topological polar surface area (TPSA) is 55.1 Å². The van der Waals surface area contributed by atoms with Gasteiger partial charge in [-0.05, 0) is 32.0 Å². The van der Waals surface area contributed by atoms with Crippen molar-refractivity contribution in [2.75, 3.05) is 5.32 Å². The van der Waals surface area contributed by atoms with E-state index in [0.717, 1.165) is 16.8 Å². The number of benzene rings is 1. The average Bonchev–Trinajstić information content (AvgIpc) is 2.71. The molecule has 2 aromatic rings. The fourth-order valence-electron chi connectivity index (χ4n) is 1.81. The van der Waals surface area contributed by atoms with Crippen molar-refractivity contribution in [1.29, 1.82) is 0 Å². The van der Waals surface area contributed by atoms with Crippen molar-refractivity contribution in [1.82, 2.24) is 5.16 Å². The lowest BCUT2D eigenvalue weighted by Gasteiger charge is -2.05. The van der Waals surface area contributed by atoms with E-state index in [9.17, 15) is 4.79 Å². The maximum absolute atomic E-state index is 12.0. The standard InChI is InChI=1S/C15H14N2O2/c1-4-12-6-5-7-13(8-12)16-15(18)9-14-10(2)17-19-11(14)3/h1,5-8H,9H2,2-3H3,(H,16,18). The summed E-state index contributed by atoms with van der Waals surface area (Å²) in [6.45, 7) is 3.61. The van der Waals surface area contributed by atoms with Crippen LogP contribution in [0.1, 0.15) is 22.6 Å². The molecule has 1 aromatic heterocycles. The second kappa shape index (κ2) is 5.40. The smallest absolute Gasteiger partial charge is 0.228 e. The highest BCUT2D eigenvalue weighted by Crippen LogP contribution is 2.15. The summed E-state index contributed by atoms with van der Waals surface area (Å²) in [6.07, 6.45) is 5.55. The lowest BCUT2D eigenvalue weighted by atomic mass is 10.1. The number of carbonyl (C=O) groups excluding carboxylic acids is 1. The summed E-state index contributed by atoms with van der Waals surface area (Å²) >= 11 is 0. The van der Waals surface area contributed by atoms with Crippen molar-refractivity contribution in [3.63, 3.8) is 0 Å². The van der Waals surface area contributed by atoms with Crippen molar-refractivity contribution in [2.24, 2.45) is 0 Å². The van der Waals surface area contributed by atoms with Crippen LogP contribution < -0.4 is 5.32 Å². The molecule has 2 rings (SSSR count).